The van der Waals surface area contributed by atoms with Gasteiger partial charge in [-0.1, -0.05) is 53.4 Å². The van der Waals surface area contributed by atoms with Crippen molar-refractivity contribution in [3.63, 3.8) is 0 Å². The van der Waals surface area contributed by atoms with E-state index in [9.17, 15) is 4.79 Å². The van der Waals surface area contributed by atoms with Crippen molar-refractivity contribution in [1.29, 1.82) is 0 Å². The first-order valence-corrected chi connectivity index (χ1v) is 12.4. The van der Waals surface area contributed by atoms with Crippen LogP contribution in [0.15, 0.2) is 83.2 Å². The third-order valence-corrected chi connectivity index (χ3v) is 6.61. The van der Waals surface area contributed by atoms with Gasteiger partial charge in [-0.25, -0.2) is 0 Å². The van der Waals surface area contributed by atoms with Crippen LogP contribution in [0.1, 0.15) is 13.8 Å². The molecule has 2 N–H and O–H groups in total. The monoisotopic (exact) mass is 492 g/mol. The van der Waals surface area contributed by atoms with E-state index < -0.39 is 0 Å². The Morgan fingerprint density at radius 1 is 0.971 bits per heavy atom. The number of nitrogens with zero attached hydrogens (tertiary/aromatic N) is 2. The van der Waals surface area contributed by atoms with Crippen molar-refractivity contribution >= 4 is 45.5 Å². The summed E-state index contributed by atoms with van der Waals surface area (Å²) in [5, 5.41) is 14.8. The molecule has 0 saturated heterocycles. The Morgan fingerprint density at radius 2 is 1.68 bits per heavy atom. The van der Waals surface area contributed by atoms with Gasteiger partial charge >= 0.3 is 0 Å². The molecule has 4 rings (SSSR count). The molecule has 0 saturated carbocycles. The summed E-state index contributed by atoms with van der Waals surface area (Å²) in [6.45, 7) is 4.35. The lowest BCUT2D eigenvalue weighted by Gasteiger charge is -2.11. The molecule has 174 valence electrons. The maximum Gasteiger partial charge on any atom is 0.237 e. The molecule has 0 radical (unpaired) electrons. The number of thioether (sulfide) groups is 1. The predicted octanol–water partition coefficient (Wildman–Crippen LogP) is 6.59. The minimum absolute atomic E-state index is 0.117. The molecule has 0 fully saturated rings. The minimum atomic E-state index is -0.350. The summed E-state index contributed by atoms with van der Waals surface area (Å²) in [5.41, 5.74) is 1.52. The van der Waals surface area contributed by atoms with Crippen molar-refractivity contribution in [1.82, 2.24) is 10.2 Å². The Hall–Kier alpha value is -3.56. The zero-order valence-corrected chi connectivity index (χ0v) is 20.4. The molecule has 1 aromatic heterocycles. The van der Waals surface area contributed by atoms with E-state index in [4.69, 9.17) is 9.47 Å². The van der Waals surface area contributed by atoms with E-state index in [0.29, 0.717) is 27.5 Å². The second-order valence-corrected chi connectivity index (χ2v) is 9.68. The normalized spacial score (nSPS) is 11.5. The largest absolute Gasteiger partial charge is 0.492 e. The number of hydrogen-bond donors (Lipinski definition) is 2. The van der Waals surface area contributed by atoms with Crippen LogP contribution in [0.4, 0.5) is 16.5 Å². The van der Waals surface area contributed by atoms with Gasteiger partial charge in [0.05, 0.1) is 17.5 Å². The molecule has 34 heavy (non-hydrogen) atoms. The molecule has 0 spiro atoms. The molecule has 3 aromatic carbocycles. The number of amides is 1. The van der Waals surface area contributed by atoms with Crippen LogP contribution in [-0.4, -0.2) is 28.0 Å². The second kappa shape index (κ2) is 11.5. The van der Waals surface area contributed by atoms with Gasteiger partial charge in [-0.3, -0.25) is 4.79 Å². The maximum atomic E-state index is 12.7. The van der Waals surface area contributed by atoms with Gasteiger partial charge in [0.15, 0.2) is 4.34 Å². The van der Waals surface area contributed by atoms with Gasteiger partial charge in [-0.05, 0) is 62.4 Å². The summed E-state index contributed by atoms with van der Waals surface area (Å²) < 4.78 is 12.1. The summed E-state index contributed by atoms with van der Waals surface area (Å²) >= 11 is 2.75. The van der Waals surface area contributed by atoms with Crippen molar-refractivity contribution in [3.05, 3.63) is 78.9 Å². The summed E-state index contributed by atoms with van der Waals surface area (Å²) in [6.07, 6.45) is 0. The summed E-state index contributed by atoms with van der Waals surface area (Å²) in [5.74, 6) is 2.10. The third kappa shape index (κ3) is 6.49. The lowest BCUT2D eigenvalue weighted by Crippen LogP contribution is -2.22. The molecule has 0 aliphatic heterocycles. The van der Waals surface area contributed by atoms with Crippen molar-refractivity contribution in [3.8, 4) is 17.2 Å². The average Bonchev–Trinajstić information content (AvgIpc) is 3.29. The number of rotatable bonds is 10. The Kier molecular flexibility index (Phi) is 8.00. The zero-order valence-electron chi connectivity index (χ0n) is 18.7. The number of nitrogens with one attached hydrogen (secondary N) is 2. The Balaban J connectivity index is 1.30. The number of hydrogen-bond acceptors (Lipinski definition) is 8. The van der Waals surface area contributed by atoms with Crippen molar-refractivity contribution in [2.24, 2.45) is 0 Å². The highest BCUT2D eigenvalue weighted by atomic mass is 32.2. The summed E-state index contributed by atoms with van der Waals surface area (Å²) in [7, 11) is 0. The standard InChI is InChI=1S/C25H24N4O3S2/c1-3-31-22-12-8-7-11-21(22)27-24-28-29-25(34-24)33-17(2)23(30)26-18-13-15-20(16-14-18)32-19-9-5-4-6-10-19/h4-17H,3H2,1-2H3,(H,26,30)(H,27,28). The first-order valence-electron chi connectivity index (χ1n) is 10.7. The van der Waals surface area contributed by atoms with Gasteiger partial charge in [-0.2, -0.15) is 0 Å². The highest BCUT2D eigenvalue weighted by Crippen LogP contribution is 2.33. The van der Waals surface area contributed by atoms with Crippen LogP contribution in [-0.2, 0) is 4.79 Å². The molecule has 0 aliphatic carbocycles. The van der Waals surface area contributed by atoms with E-state index >= 15 is 0 Å². The van der Waals surface area contributed by atoms with E-state index in [1.807, 2.05) is 92.7 Å². The number of aromatic nitrogens is 2. The van der Waals surface area contributed by atoms with Gasteiger partial charge in [0.2, 0.25) is 11.0 Å². The molecule has 9 heteroatoms. The fraction of sp³-hybridized carbons (Fsp3) is 0.160. The fourth-order valence-electron chi connectivity index (χ4n) is 2.95. The summed E-state index contributed by atoms with van der Waals surface area (Å²) in [4.78, 5) is 12.7. The molecule has 1 heterocycles. The molecule has 4 aromatic rings. The molecular weight excluding hydrogens is 468 g/mol. The number of para-hydroxylation sites is 3. The number of anilines is 3. The van der Waals surface area contributed by atoms with Crippen LogP contribution >= 0.6 is 23.1 Å². The van der Waals surface area contributed by atoms with Gasteiger partial charge in [0, 0.05) is 5.69 Å². The lowest BCUT2D eigenvalue weighted by atomic mass is 10.3. The lowest BCUT2D eigenvalue weighted by molar-refractivity contribution is -0.115. The molecule has 0 bridgehead atoms. The Bertz CT molecular complexity index is 1220. The van der Waals surface area contributed by atoms with Crippen LogP contribution in [0, 0.1) is 0 Å². The number of benzene rings is 3. The first-order chi connectivity index (χ1) is 16.6. The van der Waals surface area contributed by atoms with Crippen LogP contribution in [0.25, 0.3) is 0 Å². The van der Waals surface area contributed by atoms with Gasteiger partial charge in [0.25, 0.3) is 0 Å². The zero-order chi connectivity index (χ0) is 23.8. The SMILES string of the molecule is CCOc1ccccc1Nc1nnc(SC(C)C(=O)Nc2ccc(Oc3ccccc3)cc2)s1. The predicted molar refractivity (Wildman–Crippen MR) is 138 cm³/mol. The quantitative estimate of drug-likeness (QED) is 0.241. The van der Waals surface area contributed by atoms with Gasteiger partial charge in [-0.15, -0.1) is 10.2 Å². The third-order valence-electron chi connectivity index (χ3n) is 4.58. The number of carbonyl (C=O) groups is 1. The summed E-state index contributed by atoms with van der Waals surface area (Å²) in [6, 6.07) is 24.5. The molecule has 0 aliphatic rings. The fourth-order valence-corrected chi connectivity index (χ4v) is 4.86. The van der Waals surface area contributed by atoms with Crippen LogP contribution in [0.5, 0.6) is 17.2 Å². The van der Waals surface area contributed by atoms with Gasteiger partial charge in [0.1, 0.15) is 17.2 Å². The molecule has 1 unspecified atom stereocenters. The maximum absolute atomic E-state index is 12.7. The number of carbonyl (C=O) groups excluding carboxylic acids is 1. The van der Waals surface area contributed by atoms with Crippen molar-refractivity contribution in [2.45, 2.75) is 23.4 Å². The Morgan fingerprint density at radius 3 is 2.44 bits per heavy atom. The highest BCUT2D eigenvalue weighted by Gasteiger charge is 2.18. The first kappa shape index (κ1) is 23.6. The van der Waals surface area contributed by atoms with E-state index in [1.165, 1.54) is 23.1 Å². The van der Waals surface area contributed by atoms with Gasteiger partial charge < -0.3 is 20.1 Å². The van der Waals surface area contributed by atoms with Crippen LogP contribution in [0.2, 0.25) is 0 Å². The van der Waals surface area contributed by atoms with E-state index in [2.05, 4.69) is 20.8 Å². The smallest absolute Gasteiger partial charge is 0.237 e. The van der Waals surface area contributed by atoms with Crippen molar-refractivity contribution in [2.75, 3.05) is 17.2 Å². The average molecular weight is 493 g/mol. The minimum Gasteiger partial charge on any atom is -0.492 e. The second-order valence-electron chi connectivity index (χ2n) is 7.12. The number of ether oxygens (including phenoxy) is 2. The van der Waals surface area contributed by atoms with Crippen LogP contribution < -0.4 is 20.1 Å². The highest BCUT2D eigenvalue weighted by molar-refractivity contribution is 8.02. The Labute approximate surface area is 206 Å². The molecule has 7 nitrogen and oxygen atoms in total. The van der Waals surface area contributed by atoms with E-state index in [1.54, 1.807) is 0 Å². The molecule has 1 atom stereocenters. The van der Waals surface area contributed by atoms with Crippen LogP contribution in [0.3, 0.4) is 0 Å². The van der Waals surface area contributed by atoms with Crippen molar-refractivity contribution < 1.29 is 14.3 Å². The van der Waals surface area contributed by atoms with E-state index in [0.717, 1.165) is 17.2 Å². The molecular formula is C25H24N4O3S2. The van der Waals surface area contributed by atoms with E-state index in [-0.39, 0.29) is 11.2 Å². The topological polar surface area (TPSA) is 85.4 Å². The molecule has 1 amide bonds.